The zero-order valence-corrected chi connectivity index (χ0v) is 14.0. The summed E-state index contributed by atoms with van der Waals surface area (Å²) >= 11 is 0. The predicted octanol–water partition coefficient (Wildman–Crippen LogP) is 2.49. The highest BCUT2D eigenvalue weighted by molar-refractivity contribution is 6.06. The maximum atomic E-state index is 13.4. The van der Waals surface area contributed by atoms with E-state index in [1.165, 1.54) is 0 Å². The van der Waals surface area contributed by atoms with Gasteiger partial charge in [-0.25, -0.2) is 0 Å². The van der Waals surface area contributed by atoms with E-state index in [-0.39, 0.29) is 5.91 Å². The molecule has 2 aromatic carbocycles. The number of rotatable bonds is 2. The quantitative estimate of drug-likeness (QED) is 0.918. The first-order valence-corrected chi connectivity index (χ1v) is 8.60. The van der Waals surface area contributed by atoms with Gasteiger partial charge in [-0.2, -0.15) is 5.26 Å². The summed E-state index contributed by atoms with van der Waals surface area (Å²) in [6.45, 7) is 2.22. The SMILES string of the molecule is N#Cc1ccc(N2CN(c3ccccc3)C3(CCNCC3)C2=O)cc1. The molecule has 2 aliphatic rings. The first-order valence-electron chi connectivity index (χ1n) is 8.60. The fourth-order valence-electron chi connectivity index (χ4n) is 3.88. The molecule has 4 rings (SSSR count). The van der Waals surface area contributed by atoms with E-state index in [2.05, 4.69) is 28.4 Å². The van der Waals surface area contributed by atoms with Crippen molar-refractivity contribution in [3.63, 3.8) is 0 Å². The average Bonchev–Trinajstić information content (AvgIpc) is 2.95. The van der Waals surface area contributed by atoms with Gasteiger partial charge in [0.05, 0.1) is 18.3 Å². The predicted molar refractivity (Wildman–Crippen MR) is 97.3 cm³/mol. The van der Waals surface area contributed by atoms with Crippen LogP contribution in [0.3, 0.4) is 0 Å². The van der Waals surface area contributed by atoms with E-state index >= 15 is 0 Å². The smallest absolute Gasteiger partial charge is 0.254 e. The molecule has 25 heavy (non-hydrogen) atoms. The van der Waals surface area contributed by atoms with E-state index in [1.807, 2.05) is 35.2 Å². The molecular formula is C20H20N4O. The molecule has 0 aromatic heterocycles. The van der Waals surface area contributed by atoms with E-state index in [0.717, 1.165) is 37.3 Å². The van der Waals surface area contributed by atoms with E-state index in [0.29, 0.717) is 12.2 Å². The molecule has 5 nitrogen and oxygen atoms in total. The van der Waals surface area contributed by atoms with Crippen molar-refractivity contribution in [1.82, 2.24) is 5.32 Å². The maximum absolute atomic E-state index is 13.4. The van der Waals surface area contributed by atoms with Crippen molar-refractivity contribution in [3.05, 3.63) is 60.2 Å². The molecule has 0 unspecified atom stereocenters. The summed E-state index contributed by atoms with van der Waals surface area (Å²) in [5.41, 5.74) is 2.04. The Balaban J connectivity index is 1.73. The van der Waals surface area contributed by atoms with Crippen LogP contribution in [0, 0.1) is 11.3 Å². The average molecular weight is 332 g/mol. The number of piperidine rings is 1. The Labute approximate surface area is 147 Å². The molecule has 2 fully saturated rings. The first-order chi connectivity index (χ1) is 12.2. The standard InChI is InChI=1S/C20H20N4O/c21-14-16-6-8-17(9-7-16)23-15-24(18-4-2-1-3-5-18)20(19(23)25)10-12-22-13-11-20/h1-9,22H,10-13,15H2. The maximum Gasteiger partial charge on any atom is 0.254 e. The minimum atomic E-state index is -0.486. The van der Waals surface area contributed by atoms with Crippen LogP contribution >= 0.6 is 0 Å². The molecular weight excluding hydrogens is 312 g/mol. The summed E-state index contributed by atoms with van der Waals surface area (Å²) in [5, 5.41) is 12.4. The second kappa shape index (κ2) is 6.23. The van der Waals surface area contributed by atoms with E-state index < -0.39 is 5.54 Å². The van der Waals surface area contributed by atoms with Gasteiger partial charge in [0, 0.05) is 11.4 Å². The lowest BCUT2D eigenvalue weighted by molar-refractivity contribution is -0.122. The largest absolute Gasteiger partial charge is 0.338 e. The van der Waals surface area contributed by atoms with Crippen LogP contribution < -0.4 is 15.1 Å². The van der Waals surface area contributed by atoms with Crippen molar-refractivity contribution in [3.8, 4) is 6.07 Å². The summed E-state index contributed by atoms with van der Waals surface area (Å²) in [6, 6.07) is 19.5. The molecule has 0 saturated carbocycles. The lowest BCUT2D eigenvalue weighted by Crippen LogP contribution is -2.55. The lowest BCUT2D eigenvalue weighted by atomic mass is 9.86. The van der Waals surface area contributed by atoms with Gasteiger partial charge in [0.2, 0.25) is 0 Å². The van der Waals surface area contributed by atoms with Crippen molar-refractivity contribution in [1.29, 1.82) is 5.26 Å². The molecule has 2 heterocycles. The third kappa shape index (κ3) is 2.55. The van der Waals surface area contributed by atoms with Gasteiger partial charge >= 0.3 is 0 Å². The van der Waals surface area contributed by atoms with Gasteiger partial charge in [0.25, 0.3) is 5.91 Å². The molecule has 1 spiro atoms. The zero-order valence-electron chi connectivity index (χ0n) is 14.0. The summed E-state index contributed by atoms with van der Waals surface area (Å²) in [4.78, 5) is 17.5. The number of hydrogen-bond acceptors (Lipinski definition) is 4. The van der Waals surface area contributed by atoms with Crippen LogP contribution in [-0.2, 0) is 4.79 Å². The number of hydrogen-bond donors (Lipinski definition) is 1. The Kier molecular flexibility index (Phi) is 3.90. The van der Waals surface area contributed by atoms with Crippen molar-refractivity contribution in [2.75, 3.05) is 29.6 Å². The van der Waals surface area contributed by atoms with Gasteiger partial charge in [0.15, 0.2) is 0 Å². The number of carbonyl (C=O) groups is 1. The van der Waals surface area contributed by atoms with Crippen LogP contribution in [0.15, 0.2) is 54.6 Å². The number of nitrogens with one attached hydrogen (secondary N) is 1. The highest BCUT2D eigenvalue weighted by Gasteiger charge is 2.53. The summed E-state index contributed by atoms with van der Waals surface area (Å²) in [7, 11) is 0. The van der Waals surface area contributed by atoms with E-state index in [4.69, 9.17) is 5.26 Å². The topological polar surface area (TPSA) is 59.4 Å². The summed E-state index contributed by atoms with van der Waals surface area (Å²) < 4.78 is 0. The highest BCUT2D eigenvalue weighted by atomic mass is 16.2. The minimum absolute atomic E-state index is 0.155. The van der Waals surface area contributed by atoms with Crippen LogP contribution in [0.25, 0.3) is 0 Å². The van der Waals surface area contributed by atoms with Gasteiger partial charge in [-0.05, 0) is 62.3 Å². The zero-order chi connectivity index (χ0) is 17.3. The Bertz CT molecular complexity index is 804. The number of para-hydroxylation sites is 1. The molecule has 0 radical (unpaired) electrons. The van der Waals surface area contributed by atoms with Crippen molar-refractivity contribution in [2.24, 2.45) is 0 Å². The van der Waals surface area contributed by atoms with Gasteiger partial charge < -0.3 is 10.2 Å². The molecule has 5 heteroatoms. The minimum Gasteiger partial charge on any atom is -0.338 e. The number of nitriles is 1. The molecule has 2 aliphatic heterocycles. The fourth-order valence-corrected chi connectivity index (χ4v) is 3.88. The first kappa shape index (κ1) is 15.7. The van der Waals surface area contributed by atoms with Crippen molar-refractivity contribution >= 4 is 17.3 Å². The molecule has 126 valence electrons. The number of benzene rings is 2. The number of anilines is 2. The Morgan fingerprint density at radius 1 is 0.960 bits per heavy atom. The van der Waals surface area contributed by atoms with Gasteiger partial charge in [-0.1, -0.05) is 18.2 Å². The van der Waals surface area contributed by atoms with Crippen LogP contribution in [0.2, 0.25) is 0 Å². The molecule has 0 bridgehead atoms. The van der Waals surface area contributed by atoms with Gasteiger partial charge in [-0.3, -0.25) is 9.69 Å². The molecule has 0 aliphatic carbocycles. The normalized spacial score (nSPS) is 19.2. The fraction of sp³-hybridized carbons (Fsp3) is 0.300. The Morgan fingerprint density at radius 2 is 1.64 bits per heavy atom. The number of nitrogens with zero attached hydrogens (tertiary/aromatic N) is 3. The molecule has 2 aromatic rings. The third-order valence-corrected chi connectivity index (χ3v) is 5.25. The van der Waals surface area contributed by atoms with E-state index in [1.54, 1.807) is 12.1 Å². The van der Waals surface area contributed by atoms with Crippen molar-refractivity contribution < 1.29 is 4.79 Å². The number of amides is 1. The van der Waals surface area contributed by atoms with Crippen LogP contribution in [-0.4, -0.2) is 31.2 Å². The Morgan fingerprint density at radius 3 is 2.28 bits per heavy atom. The lowest BCUT2D eigenvalue weighted by Gasteiger charge is -2.39. The van der Waals surface area contributed by atoms with Crippen LogP contribution in [0.1, 0.15) is 18.4 Å². The highest BCUT2D eigenvalue weighted by Crippen LogP contribution is 2.39. The summed E-state index contributed by atoms with van der Waals surface area (Å²) in [5.74, 6) is 0.155. The Hall–Kier alpha value is -2.84. The third-order valence-electron chi connectivity index (χ3n) is 5.25. The van der Waals surface area contributed by atoms with Crippen LogP contribution in [0.4, 0.5) is 11.4 Å². The van der Waals surface area contributed by atoms with Crippen LogP contribution in [0.5, 0.6) is 0 Å². The molecule has 1 N–H and O–H groups in total. The summed E-state index contributed by atoms with van der Waals surface area (Å²) in [6.07, 6.45) is 1.60. The second-order valence-electron chi connectivity index (χ2n) is 6.58. The second-order valence-corrected chi connectivity index (χ2v) is 6.58. The monoisotopic (exact) mass is 332 g/mol. The van der Waals surface area contributed by atoms with Gasteiger partial charge in [0.1, 0.15) is 5.54 Å². The molecule has 2 saturated heterocycles. The van der Waals surface area contributed by atoms with Gasteiger partial charge in [-0.15, -0.1) is 0 Å². The van der Waals surface area contributed by atoms with E-state index in [9.17, 15) is 4.79 Å². The number of carbonyl (C=O) groups excluding carboxylic acids is 1. The van der Waals surface area contributed by atoms with Crippen molar-refractivity contribution in [2.45, 2.75) is 18.4 Å². The molecule has 1 amide bonds. The molecule has 0 atom stereocenters.